The van der Waals surface area contributed by atoms with Crippen LogP contribution >= 0.6 is 0 Å². The van der Waals surface area contributed by atoms with Crippen molar-refractivity contribution in [1.29, 1.82) is 0 Å². The molecule has 0 heterocycles. The first-order valence-corrected chi connectivity index (χ1v) is 6.00. The van der Waals surface area contributed by atoms with Crippen LogP contribution in [-0.4, -0.2) is 24.5 Å². The van der Waals surface area contributed by atoms with Crippen LogP contribution in [0.25, 0.3) is 0 Å². The second-order valence-electron chi connectivity index (χ2n) is 4.12. The maximum atomic E-state index is 11.6. The Hall–Kier alpha value is -2.30. The molecular formula is C14H18N2O3. The second-order valence-corrected chi connectivity index (χ2v) is 4.12. The van der Waals surface area contributed by atoms with Gasteiger partial charge in [0.05, 0.1) is 11.8 Å². The molecule has 0 radical (unpaired) electrons. The molecule has 2 amide bonds. The van der Waals surface area contributed by atoms with E-state index in [1.54, 1.807) is 24.3 Å². The fraction of sp³-hybridized carbons (Fsp3) is 0.286. The first-order chi connectivity index (χ1) is 9.04. The van der Waals surface area contributed by atoms with E-state index >= 15 is 0 Å². The van der Waals surface area contributed by atoms with Gasteiger partial charge < -0.3 is 15.4 Å². The van der Waals surface area contributed by atoms with Crippen LogP contribution in [0, 0.1) is 0 Å². The minimum Gasteiger partial charge on any atom is -0.489 e. The van der Waals surface area contributed by atoms with Crippen LogP contribution in [0.4, 0.5) is 5.69 Å². The van der Waals surface area contributed by atoms with Crippen molar-refractivity contribution in [3.8, 4) is 5.75 Å². The van der Waals surface area contributed by atoms with E-state index < -0.39 is 11.8 Å². The quantitative estimate of drug-likeness (QED) is 0.627. The summed E-state index contributed by atoms with van der Waals surface area (Å²) < 4.78 is 5.54. The fourth-order valence-electron chi connectivity index (χ4n) is 1.35. The van der Waals surface area contributed by atoms with Crippen LogP contribution in [0.5, 0.6) is 5.75 Å². The van der Waals surface area contributed by atoms with Gasteiger partial charge in [0.2, 0.25) is 0 Å². The van der Waals surface area contributed by atoms with E-state index in [0.29, 0.717) is 11.4 Å². The number of hydrogen-bond acceptors (Lipinski definition) is 3. The van der Waals surface area contributed by atoms with Crippen LogP contribution in [0.2, 0.25) is 0 Å². The largest absolute Gasteiger partial charge is 0.489 e. The van der Waals surface area contributed by atoms with Gasteiger partial charge in [0.1, 0.15) is 5.75 Å². The number of anilines is 1. The summed E-state index contributed by atoms with van der Waals surface area (Å²) in [4.78, 5) is 23.1. The summed E-state index contributed by atoms with van der Waals surface area (Å²) in [5, 5.41) is 4.92. The number of carbonyl (C=O) groups is 2. The third-order valence-corrected chi connectivity index (χ3v) is 2.11. The van der Waals surface area contributed by atoms with Crippen molar-refractivity contribution in [3.05, 3.63) is 36.9 Å². The van der Waals surface area contributed by atoms with Crippen LogP contribution < -0.4 is 15.4 Å². The van der Waals surface area contributed by atoms with Gasteiger partial charge in [0.15, 0.2) is 0 Å². The lowest BCUT2D eigenvalue weighted by molar-refractivity contribution is -0.136. The summed E-state index contributed by atoms with van der Waals surface area (Å²) in [7, 11) is 0. The normalized spacial score (nSPS) is 9.84. The number of rotatable bonds is 5. The lowest BCUT2D eigenvalue weighted by Gasteiger charge is -2.14. The predicted molar refractivity (Wildman–Crippen MR) is 74.0 cm³/mol. The predicted octanol–water partition coefficient (Wildman–Crippen LogP) is 1.71. The van der Waals surface area contributed by atoms with Crippen molar-refractivity contribution < 1.29 is 14.3 Å². The molecule has 0 fully saturated rings. The van der Waals surface area contributed by atoms with E-state index in [2.05, 4.69) is 17.2 Å². The third kappa shape index (κ3) is 4.83. The van der Waals surface area contributed by atoms with Gasteiger partial charge in [0.25, 0.3) is 0 Å². The lowest BCUT2D eigenvalue weighted by Crippen LogP contribution is -2.35. The topological polar surface area (TPSA) is 67.4 Å². The summed E-state index contributed by atoms with van der Waals surface area (Å²) in [5.74, 6) is -0.914. The Morgan fingerprint density at radius 1 is 1.32 bits per heavy atom. The van der Waals surface area contributed by atoms with E-state index in [4.69, 9.17) is 4.74 Å². The molecule has 0 atom stereocenters. The Morgan fingerprint density at radius 3 is 2.63 bits per heavy atom. The SMILES string of the molecule is C=CCNC(=O)C(=O)Nc1ccccc1OC(C)C. The second kappa shape index (κ2) is 7.20. The minimum absolute atomic E-state index is 0.0207. The molecule has 5 nitrogen and oxygen atoms in total. The van der Waals surface area contributed by atoms with Crippen molar-refractivity contribution in [1.82, 2.24) is 5.32 Å². The first kappa shape index (κ1) is 14.8. The maximum absolute atomic E-state index is 11.6. The maximum Gasteiger partial charge on any atom is 0.313 e. The summed E-state index contributed by atoms with van der Waals surface area (Å²) >= 11 is 0. The van der Waals surface area contributed by atoms with Gasteiger partial charge in [-0.2, -0.15) is 0 Å². The number of amides is 2. The Kier molecular flexibility index (Phi) is 5.60. The molecular weight excluding hydrogens is 244 g/mol. The number of carbonyl (C=O) groups excluding carboxylic acids is 2. The summed E-state index contributed by atoms with van der Waals surface area (Å²) in [6, 6.07) is 6.96. The monoisotopic (exact) mass is 262 g/mol. The fourth-order valence-corrected chi connectivity index (χ4v) is 1.35. The van der Waals surface area contributed by atoms with Crippen molar-refractivity contribution in [3.63, 3.8) is 0 Å². The minimum atomic E-state index is -0.735. The van der Waals surface area contributed by atoms with Gasteiger partial charge in [-0.05, 0) is 26.0 Å². The number of hydrogen-bond donors (Lipinski definition) is 2. The van der Waals surface area contributed by atoms with Crippen LogP contribution in [0.1, 0.15) is 13.8 Å². The average Bonchev–Trinajstić information content (AvgIpc) is 2.37. The van der Waals surface area contributed by atoms with Gasteiger partial charge in [0, 0.05) is 6.54 Å². The molecule has 1 aromatic carbocycles. The highest BCUT2D eigenvalue weighted by Crippen LogP contribution is 2.24. The molecule has 1 rings (SSSR count). The van der Waals surface area contributed by atoms with Gasteiger partial charge in [-0.25, -0.2) is 0 Å². The van der Waals surface area contributed by atoms with Gasteiger partial charge >= 0.3 is 11.8 Å². The molecule has 19 heavy (non-hydrogen) atoms. The standard InChI is InChI=1S/C14H18N2O3/c1-4-9-15-13(17)14(18)16-11-7-5-6-8-12(11)19-10(2)3/h4-8,10H,1,9H2,2-3H3,(H,15,17)(H,16,18). The van der Waals surface area contributed by atoms with E-state index in [-0.39, 0.29) is 12.6 Å². The zero-order valence-corrected chi connectivity index (χ0v) is 11.1. The van der Waals surface area contributed by atoms with E-state index in [9.17, 15) is 9.59 Å². The molecule has 0 saturated carbocycles. The summed E-state index contributed by atoms with van der Waals surface area (Å²) in [5.41, 5.74) is 0.468. The molecule has 5 heteroatoms. The Bertz CT molecular complexity index is 470. The smallest absolute Gasteiger partial charge is 0.313 e. The van der Waals surface area contributed by atoms with E-state index in [1.807, 2.05) is 13.8 Å². The molecule has 0 spiro atoms. The molecule has 102 valence electrons. The molecule has 0 aliphatic carbocycles. The summed E-state index contributed by atoms with van der Waals surface area (Å²) in [6.07, 6.45) is 1.48. The summed E-state index contributed by atoms with van der Waals surface area (Å²) in [6.45, 7) is 7.47. The van der Waals surface area contributed by atoms with Crippen molar-refractivity contribution in [2.75, 3.05) is 11.9 Å². The zero-order chi connectivity index (χ0) is 14.3. The van der Waals surface area contributed by atoms with E-state index in [1.165, 1.54) is 6.08 Å². The number of benzene rings is 1. The molecule has 0 aliphatic rings. The molecule has 0 bridgehead atoms. The molecule has 0 saturated heterocycles. The average molecular weight is 262 g/mol. The highest BCUT2D eigenvalue weighted by Gasteiger charge is 2.15. The molecule has 2 N–H and O–H groups in total. The number of ether oxygens (including phenoxy) is 1. The third-order valence-electron chi connectivity index (χ3n) is 2.11. The number of para-hydroxylation sites is 2. The lowest BCUT2D eigenvalue weighted by atomic mass is 10.3. The van der Waals surface area contributed by atoms with Crippen LogP contribution in [0.15, 0.2) is 36.9 Å². The molecule has 1 aromatic rings. The number of nitrogens with one attached hydrogen (secondary N) is 2. The Morgan fingerprint density at radius 2 is 2.00 bits per heavy atom. The van der Waals surface area contributed by atoms with Crippen LogP contribution in [0.3, 0.4) is 0 Å². The van der Waals surface area contributed by atoms with Crippen molar-refractivity contribution in [2.45, 2.75) is 20.0 Å². The van der Waals surface area contributed by atoms with Crippen molar-refractivity contribution in [2.24, 2.45) is 0 Å². The molecule has 0 aliphatic heterocycles. The Balaban J connectivity index is 2.73. The van der Waals surface area contributed by atoms with Gasteiger partial charge in [-0.15, -0.1) is 6.58 Å². The molecule has 0 aromatic heterocycles. The highest BCUT2D eigenvalue weighted by molar-refractivity contribution is 6.39. The van der Waals surface area contributed by atoms with Gasteiger partial charge in [-0.1, -0.05) is 18.2 Å². The zero-order valence-electron chi connectivity index (χ0n) is 11.1. The van der Waals surface area contributed by atoms with E-state index in [0.717, 1.165) is 0 Å². The van der Waals surface area contributed by atoms with Gasteiger partial charge in [-0.3, -0.25) is 9.59 Å². The molecule has 0 unspecified atom stereocenters. The van der Waals surface area contributed by atoms with Crippen LogP contribution in [-0.2, 0) is 9.59 Å². The highest BCUT2D eigenvalue weighted by atomic mass is 16.5. The first-order valence-electron chi connectivity index (χ1n) is 6.00. The van der Waals surface area contributed by atoms with Crippen molar-refractivity contribution >= 4 is 17.5 Å². The Labute approximate surface area is 112 Å².